The Labute approximate surface area is 89.4 Å². The van der Waals surface area contributed by atoms with Gasteiger partial charge in [-0.3, -0.25) is 4.79 Å². The summed E-state index contributed by atoms with van der Waals surface area (Å²) in [5.41, 5.74) is 2.22. The van der Waals surface area contributed by atoms with E-state index in [4.69, 9.17) is 11.6 Å². The van der Waals surface area contributed by atoms with Gasteiger partial charge in [-0.1, -0.05) is 30.7 Å². The Hall–Kier alpha value is -1.08. The monoisotopic (exact) mass is 208 g/mol. The van der Waals surface area contributed by atoms with E-state index >= 15 is 0 Å². The SMILES string of the molecule is CCc1cc(Cl)ccc1/C=C/C(C)=O. The van der Waals surface area contributed by atoms with Gasteiger partial charge >= 0.3 is 0 Å². The van der Waals surface area contributed by atoms with Crippen LogP contribution in [0.1, 0.15) is 25.0 Å². The Kier molecular flexibility index (Phi) is 3.90. The molecule has 2 heteroatoms. The number of hydrogen-bond acceptors (Lipinski definition) is 1. The van der Waals surface area contributed by atoms with Crippen LogP contribution in [0.25, 0.3) is 6.08 Å². The summed E-state index contributed by atoms with van der Waals surface area (Å²) in [6.07, 6.45) is 4.32. The lowest BCUT2D eigenvalue weighted by atomic mass is 10.0. The van der Waals surface area contributed by atoms with Crippen molar-refractivity contribution in [1.29, 1.82) is 0 Å². The van der Waals surface area contributed by atoms with Gasteiger partial charge in [0.25, 0.3) is 0 Å². The minimum atomic E-state index is 0.0574. The molecule has 0 heterocycles. The van der Waals surface area contributed by atoms with Gasteiger partial charge < -0.3 is 0 Å². The number of carbonyl (C=O) groups excluding carboxylic acids is 1. The molecule has 0 atom stereocenters. The van der Waals surface area contributed by atoms with Gasteiger partial charge in [-0.15, -0.1) is 0 Å². The molecule has 1 aromatic carbocycles. The summed E-state index contributed by atoms with van der Waals surface area (Å²) in [5, 5.41) is 0.738. The highest BCUT2D eigenvalue weighted by atomic mass is 35.5. The molecular formula is C12H13ClO. The highest BCUT2D eigenvalue weighted by Crippen LogP contribution is 2.17. The molecule has 14 heavy (non-hydrogen) atoms. The smallest absolute Gasteiger partial charge is 0.152 e. The van der Waals surface area contributed by atoms with Gasteiger partial charge in [-0.2, -0.15) is 0 Å². The van der Waals surface area contributed by atoms with Crippen molar-refractivity contribution in [3.63, 3.8) is 0 Å². The minimum Gasteiger partial charge on any atom is -0.295 e. The van der Waals surface area contributed by atoms with Crippen molar-refractivity contribution in [2.24, 2.45) is 0 Å². The zero-order valence-electron chi connectivity index (χ0n) is 8.38. The summed E-state index contributed by atoms with van der Waals surface area (Å²) in [6, 6.07) is 5.70. The standard InChI is InChI=1S/C12H13ClO/c1-3-10-8-12(13)7-6-11(10)5-4-9(2)14/h4-8H,3H2,1-2H3/b5-4+. The Morgan fingerprint density at radius 3 is 2.79 bits per heavy atom. The van der Waals surface area contributed by atoms with Crippen LogP contribution in [0.2, 0.25) is 5.02 Å². The van der Waals surface area contributed by atoms with Crippen molar-refractivity contribution in [3.05, 3.63) is 40.4 Å². The molecule has 0 unspecified atom stereocenters. The predicted molar refractivity (Wildman–Crippen MR) is 60.5 cm³/mol. The first-order valence-electron chi connectivity index (χ1n) is 4.60. The first kappa shape index (κ1) is 11.0. The van der Waals surface area contributed by atoms with Crippen LogP contribution in [0.4, 0.5) is 0 Å². The van der Waals surface area contributed by atoms with Crippen LogP contribution < -0.4 is 0 Å². The molecule has 0 spiro atoms. The average Bonchev–Trinajstić information content (AvgIpc) is 2.15. The summed E-state index contributed by atoms with van der Waals surface area (Å²) < 4.78 is 0. The molecule has 1 rings (SSSR count). The van der Waals surface area contributed by atoms with Gasteiger partial charge in [0.2, 0.25) is 0 Å². The van der Waals surface area contributed by atoms with Gasteiger partial charge in [-0.25, -0.2) is 0 Å². The van der Waals surface area contributed by atoms with Crippen LogP contribution >= 0.6 is 11.6 Å². The number of rotatable bonds is 3. The van der Waals surface area contributed by atoms with Crippen molar-refractivity contribution in [2.45, 2.75) is 20.3 Å². The molecule has 1 nitrogen and oxygen atoms in total. The molecule has 0 aromatic heterocycles. The molecule has 0 amide bonds. The third kappa shape index (κ3) is 3.00. The molecule has 0 saturated heterocycles. The summed E-state index contributed by atoms with van der Waals surface area (Å²) in [7, 11) is 0. The molecule has 0 aliphatic rings. The molecule has 0 aliphatic carbocycles. The molecule has 0 N–H and O–H groups in total. The van der Waals surface area contributed by atoms with Crippen LogP contribution in [-0.2, 0) is 11.2 Å². The summed E-state index contributed by atoms with van der Waals surface area (Å²) in [6.45, 7) is 3.61. The van der Waals surface area contributed by atoms with Crippen LogP contribution in [0.15, 0.2) is 24.3 Å². The Morgan fingerprint density at radius 1 is 1.50 bits per heavy atom. The third-order valence-electron chi connectivity index (χ3n) is 1.98. The first-order valence-corrected chi connectivity index (χ1v) is 4.98. The maximum atomic E-state index is 10.8. The van der Waals surface area contributed by atoms with Crippen LogP contribution in [0, 0.1) is 0 Å². The van der Waals surface area contributed by atoms with E-state index in [1.165, 1.54) is 6.92 Å². The summed E-state index contributed by atoms with van der Waals surface area (Å²) in [4.78, 5) is 10.8. The minimum absolute atomic E-state index is 0.0574. The van der Waals surface area contributed by atoms with Crippen molar-refractivity contribution < 1.29 is 4.79 Å². The predicted octanol–water partition coefficient (Wildman–Crippen LogP) is 3.50. The molecule has 0 saturated carbocycles. The van der Waals surface area contributed by atoms with E-state index in [-0.39, 0.29) is 5.78 Å². The third-order valence-corrected chi connectivity index (χ3v) is 2.22. The van der Waals surface area contributed by atoms with E-state index < -0.39 is 0 Å². The fourth-order valence-corrected chi connectivity index (χ4v) is 1.44. The maximum absolute atomic E-state index is 10.8. The van der Waals surface area contributed by atoms with Gasteiger partial charge in [0.1, 0.15) is 0 Å². The Balaban J connectivity index is 3.02. The Morgan fingerprint density at radius 2 is 2.21 bits per heavy atom. The van der Waals surface area contributed by atoms with E-state index in [0.717, 1.165) is 22.6 Å². The molecule has 0 radical (unpaired) electrons. The number of aryl methyl sites for hydroxylation is 1. The topological polar surface area (TPSA) is 17.1 Å². The lowest BCUT2D eigenvalue weighted by molar-refractivity contribution is -0.112. The fourth-order valence-electron chi connectivity index (χ4n) is 1.25. The normalized spacial score (nSPS) is 10.8. The summed E-state index contributed by atoms with van der Waals surface area (Å²) in [5.74, 6) is 0.0574. The number of carbonyl (C=O) groups is 1. The Bertz CT molecular complexity index is 367. The van der Waals surface area contributed by atoms with E-state index in [1.54, 1.807) is 6.08 Å². The van der Waals surface area contributed by atoms with Crippen molar-refractivity contribution in [2.75, 3.05) is 0 Å². The van der Waals surface area contributed by atoms with Crippen LogP contribution in [0.5, 0.6) is 0 Å². The highest BCUT2D eigenvalue weighted by molar-refractivity contribution is 6.30. The average molecular weight is 209 g/mol. The van der Waals surface area contributed by atoms with E-state index in [1.807, 2.05) is 24.3 Å². The van der Waals surface area contributed by atoms with Gasteiger partial charge in [0, 0.05) is 5.02 Å². The number of halogens is 1. The number of hydrogen-bond donors (Lipinski definition) is 0. The highest BCUT2D eigenvalue weighted by Gasteiger charge is 1.98. The second-order valence-electron chi connectivity index (χ2n) is 3.14. The van der Waals surface area contributed by atoms with Crippen LogP contribution in [0.3, 0.4) is 0 Å². The molecule has 0 aliphatic heterocycles. The largest absolute Gasteiger partial charge is 0.295 e. The molecular weight excluding hydrogens is 196 g/mol. The molecule has 0 fully saturated rings. The van der Waals surface area contributed by atoms with E-state index in [9.17, 15) is 4.79 Å². The quantitative estimate of drug-likeness (QED) is 0.695. The fraction of sp³-hybridized carbons (Fsp3) is 0.250. The lowest BCUT2D eigenvalue weighted by Gasteiger charge is -2.03. The molecule has 0 bridgehead atoms. The lowest BCUT2D eigenvalue weighted by Crippen LogP contribution is -1.87. The number of ketones is 1. The van der Waals surface area contributed by atoms with Crippen LogP contribution in [-0.4, -0.2) is 5.78 Å². The van der Waals surface area contributed by atoms with Gasteiger partial charge in [0.15, 0.2) is 5.78 Å². The van der Waals surface area contributed by atoms with Crippen molar-refractivity contribution in [3.8, 4) is 0 Å². The molecule has 74 valence electrons. The second-order valence-corrected chi connectivity index (χ2v) is 3.58. The summed E-state index contributed by atoms with van der Waals surface area (Å²) >= 11 is 5.87. The van der Waals surface area contributed by atoms with Gasteiger partial charge in [-0.05, 0) is 42.7 Å². The maximum Gasteiger partial charge on any atom is 0.152 e. The zero-order valence-corrected chi connectivity index (χ0v) is 9.14. The number of benzene rings is 1. The molecule has 1 aromatic rings. The van der Waals surface area contributed by atoms with Crippen molar-refractivity contribution >= 4 is 23.5 Å². The van der Waals surface area contributed by atoms with E-state index in [2.05, 4.69) is 6.92 Å². The van der Waals surface area contributed by atoms with Gasteiger partial charge in [0.05, 0.1) is 0 Å². The first-order chi connectivity index (χ1) is 6.63. The zero-order chi connectivity index (χ0) is 10.6. The van der Waals surface area contributed by atoms with E-state index in [0.29, 0.717) is 0 Å². The van der Waals surface area contributed by atoms with Crippen molar-refractivity contribution in [1.82, 2.24) is 0 Å². The second kappa shape index (κ2) is 4.97. The number of allylic oxidation sites excluding steroid dienone is 1.